The number of anilines is 3. The van der Waals surface area contributed by atoms with Crippen molar-refractivity contribution in [2.24, 2.45) is 0 Å². The summed E-state index contributed by atoms with van der Waals surface area (Å²) in [6, 6.07) is 7.35. The zero-order valence-corrected chi connectivity index (χ0v) is 19.2. The van der Waals surface area contributed by atoms with Gasteiger partial charge < -0.3 is 20.3 Å². The molecular weight excluding hydrogens is 452 g/mol. The second kappa shape index (κ2) is 11.0. The molecule has 1 aromatic heterocycles. The van der Waals surface area contributed by atoms with Crippen LogP contribution in [0, 0.1) is 5.82 Å². The van der Waals surface area contributed by atoms with Crippen LogP contribution in [0.15, 0.2) is 48.6 Å². The molecule has 0 unspecified atom stereocenters. The van der Waals surface area contributed by atoms with E-state index in [9.17, 15) is 13.6 Å². The summed E-state index contributed by atoms with van der Waals surface area (Å²) in [6.45, 7) is 5.74. The standard InChI is InChI=1S/C23H24ClF2N5O2/c1-4-31(5-2)9-8-18(26)23(32)30-20-11-15-19(12-21(20)33-3)27-13-28-22(15)29-14-6-7-17(25)16(24)10-14/h6-8,10-13H,4-5,9H2,1-3H3,(H,30,32)(H,27,28,29). The first-order valence-corrected chi connectivity index (χ1v) is 10.7. The monoisotopic (exact) mass is 475 g/mol. The SMILES string of the molecule is CCN(CC)CC=C(F)C(=O)Nc1cc2c(Nc3ccc(F)c(Cl)c3)ncnc2cc1OC. The minimum Gasteiger partial charge on any atom is -0.494 e. The van der Waals surface area contributed by atoms with E-state index in [1.807, 2.05) is 18.7 Å². The molecule has 3 rings (SSSR count). The van der Waals surface area contributed by atoms with Crippen molar-refractivity contribution in [1.29, 1.82) is 0 Å². The Morgan fingerprint density at radius 3 is 2.64 bits per heavy atom. The molecule has 1 amide bonds. The smallest absolute Gasteiger partial charge is 0.284 e. The Bertz CT molecular complexity index is 1180. The summed E-state index contributed by atoms with van der Waals surface area (Å²) in [5.74, 6) is -1.63. The second-order valence-corrected chi connectivity index (χ2v) is 7.45. The Morgan fingerprint density at radius 2 is 1.97 bits per heavy atom. The van der Waals surface area contributed by atoms with Gasteiger partial charge in [-0.3, -0.25) is 4.79 Å². The number of hydrogen-bond donors (Lipinski definition) is 2. The molecule has 33 heavy (non-hydrogen) atoms. The number of nitrogens with one attached hydrogen (secondary N) is 2. The van der Waals surface area contributed by atoms with E-state index < -0.39 is 17.6 Å². The van der Waals surface area contributed by atoms with Crippen LogP contribution in [0.5, 0.6) is 5.75 Å². The number of aromatic nitrogens is 2. The van der Waals surface area contributed by atoms with E-state index in [4.69, 9.17) is 16.3 Å². The molecule has 0 aliphatic heterocycles. The van der Waals surface area contributed by atoms with Crippen molar-refractivity contribution < 1.29 is 18.3 Å². The molecule has 0 aliphatic rings. The van der Waals surface area contributed by atoms with Crippen molar-refractivity contribution in [2.75, 3.05) is 37.4 Å². The number of likely N-dealkylation sites (N-methyl/N-ethyl adjacent to an activating group) is 1. The number of amides is 1. The molecule has 2 aromatic carbocycles. The highest BCUT2D eigenvalue weighted by atomic mass is 35.5. The molecule has 0 atom stereocenters. The predicted molar refractivity (Wildman–Crippen MR) is 126 cm³/mol. The highest BCUT2D eigenvalue weighted by molar-refractivity contribution is 6.31. The molecule has 1 heterocycles. The molecular formula is C23H24ClF2N5O2. The first kappa shape index (κ1) is 24.3. The van der Waals surface area contributed by atoms with E-state index in [0.29, 0.717) is 34.7 Å². The largest absolute Gasteiger partial charge is 0.494 e. The van der Waals surface area contributed by atoms with Gasteiger partial charge in [0.2, 0.25) is 0 Å². The topological polar surface area (TPSA) is 79.4 Å². The van der Waals surface area contributed by atoms with Gasteiger partial charge >= 0.3 is 0 Å². The van der Waals surface area contributed by atoms with Gasteiger partial charge in [-0.15, -0.1) is 0 Å². The average molecular weight is 476 g/mol. The average Bonchev–Trinajstić information content (AvgIpc) is 2.81. The zero-order valence-electron chi connectivity index (χ0n) is 18.5. The van der Waals surface area contributed by atoms with Crippen LogP contribution in [0.3, 0.4) is 0 Å². The van der Waals surface area contributed by atoms with Crippen molar-refractivity contribution in [2.45, 2.75) is 13.8 Å². The van der Waals surface area contributed by atoms with E-state index in [-0.39, 0.29) is 10.7 Å². The number of rotatable bonds is 9. The predicted octanol–water partition coefficient (Wildman–Crippen LogP) is 5.31. The molecule has 0 bridgehead atoms. The summed E-state index contributed by atoms with van der Waals surface area (Å²) in [5.41, 5.74) is 1.28. The fourth-order valence-electron chi connectivity index (χ4n) is 3.13. The summed E-state index contributed by atoms with van der Waals surface area (Å²) in [7, 11) is 1.43. The Labute approximate surface area is 195 Å². The summed E-state index contributed by atoms with van der Waals surface area (Å²) >= 11 is 5.86. The third kappa shape index (κ3) is 5.94. The molecule has 0 fully saturated rings. The van der Waals surface area contributed by atoms with Crippen molar-refractivity contribution >= 4 is 45.6 Å². The minimum atomic E-state index is -0.896. The number of halogens is 3. The Morgan fingerprint density at radius 1 is 1.21 bits per heavy atom. The quantitative estimate of drug-likeness (QED) is 0.408. The fourth-order valence-corrected chi connectivity index (χ4v) is 3.31. The van der Waals surface area contributed by atoms with Gasteiger partial charge in [-0.2, -0.15) is 0 Å². The zero-order chi connectivity index (χ0) is 24.0. The number of hydrogen-bond acceptors (Lipinski definition) is 6. The van der Waals surface area contributed by atoms with Crippen LogP contribution < -0.4 is 15.4 Å². The molecule has 0 aliphatic carbocycles. The van der Waals surface area contributed by atoms with Crippen molar-refractivity contribution in [1.82, 2.24) is 14.9 Å². The molecule has 2 N–H and O–H groups in total. The Hall–Kier alpha value is -3.30. The van der Waals surface area contributed by atoms with Gasteiger partial charge in [-0.25, -0.2) is 18.7 Å². The Balaban J connectivity index is 1.91. The van der Waals surface area contributed by atoms with Crippen LogP contribution in [-0.2, 0) is 4.79 Å². The maximum atomic E-state index is 14.4. The molecule has 7 nitrogen and oxygen atoms in total. The highest BCUT2D eigenvalue weighted by Gasteiger charge is 2.16. The van der Waals surface area contributed by atoms with Gasteiger partial charge in [0.15, 0.2) is 5.83 Å². The van der Waals surface area contributed by atoms with Crippen molar-refractivity contribution in [3.8, 4) is 5.75 Å². The molecule has 0 radical (unpaired) electrons. The first-order valence-electron chi connectivity index (χ1n) is 10.3. The number of benzene rings is 2. The number of fused-ring (bicyclic) bond motifs is 1. The van der Waals surface area contributed by atoms with Gasteiger partial charge in [0.25, 0.3) is 5.91 Å². The summed E-state index contributed by atoms with van der Waals surface area (Å²) in [4.78, 5) is 22.9. The maximum Gasteiger partial charge on any atom is 0.284 e. The Kier molecular flexibility index (Phi) is 8.13. The number of methoxy groups -OCH3 is 1. The van der Waals surface area contributed by atoms with Crippen LogP contribution in [-0.4, -0.2) is 47.5 Å². The van der Waals surface area contributed by atoms with Crippen LogP contribution in [0.25, 0.3) is 10.9 Å². The molecule has 3 aromatic rings. The van der Waals surface area contributed by atoms with Gasteiger partial charge in [0.1, 0.15) is 23.7 Å². The maximum absolute atomic E-state index is 14.4. The highest BCUT2D eigenvalue weighted by Crippen LogP contribution is 2.33. The number of ether oxygens (including phenoxy) is 1. The molecule has 0 spiro atoms. The van der Waals surface area contributed by atoms with Gasteiger partial charge in [0, 0.05) is 23.7 Å². The molecule has 174 valence electrons. The van der Waals surface area contributed by atoms with E-state index in [0.717, 1.165) is 13.1 Å². The molecule has 0 saturated carbocycles. The van der Waals surface area contributed by atoms with E-state index in [1.165, 1.54) is 37.7 Å². The van der Waals surface area contributed by atoms with Crippen LogP contribution in [0.4, 0.5) is 26.0 Å². The number of carbonyl (C=O) groups excluding carboxylic acids is 1. The van der Waals surface area contributed by atoms with E-state index in [1.54, 1.807) is 12.1 Å². The van der Waals surface area contributed by atoms with Crippen LogP contribution in [0.1, 0.15) is 13.8 Å². The third-order valence-corrected chi connectivity index (χ3v) is 5.32. The molecule has 0 saturated heterocycles. The van der Waals surface area contributed by atoms with E-state index in [2.05, 4.69) is 20.6 Å². The van der Waals surface area contributed by atoms with Crippen LogP contribution >= 0.6 is 11.6 Å². The number of carbonyl (C=O) groups is 1. The molecule has 10 heteroatoms. The fraction of sp³-hybridized carbons (Fsp3) is 0.261. The summed E-state index contributed by atoms with van der Waals surface area (Å²) in [5, 5.41) is 6.08. The normalized spacial score (nSPS) is 11.7. The number of nitrogens with zero attached hydrogens (tertiary/aromatic N) is 3. The lowest BCUT2D eigenvalue weighted by molar-refractivity contribution is -0.114. The van der Waals surface area contributed by atoms with Gasteiger partial charge in [-0.1, -0.05) is 25.4 Å². The van der Waals surface area contributed by atoms with E-state index >= 15 is 0 Å². The van der Waals surface area contributed by atoms with Crippen molar-refractivity contribution in [3.63, 3.8) is 0 Å². The first-order chi connectivity index (χ1) is 15.9. The second-order valence-electron chi connectivity index (χ2n) is 7.04. The third-order valence-electron chi connectivity index (χ3n) is 5.03. The summed E-state index contributed by atoms with van der Waals surface area (Å²) < 4.78 is 33.2. The minimum absolute atomic E-state index is 0.0417. The van der Waals surface area contributed by atoms with Gasteiger partial charge in [-0.05, 0) is 43.4 Å². The lowest BCUT2D eigenvalue weighted by Crippen LogP contribution is -2.23. The lowest BCUT2D eigenvalue weighted by Gasteiger charge is -2.15. The van der Waals surface area contributed by atoms with Crippen molar-refractivity contribution in [3.05, 3.63) is 59.4 Å². The summed E-state index contributed by atoms with van der Waals surface area (Å²) in [6.07, 6.45) is 2.59. The van der Waals surface area contributed by atoms with Gasteiger partial charge in [0.05, 0.1) is 23.3 Å². The lowest BCUT2D eigenvalue weighted by atomic mass is 10.1. The van der Waals surface area contributed by atoms with Crippen LogP contribution in [0.2, 0.25) is 5.02 Å².